The van der Waals surface area contributed by atoms with Crippen LogP contribution in [0.25, 0.3) is 0 Å². The second-order valence-electron chi connectivity index (χ2n) is 7.28. The van der Waals surface area contributed by atoms with Gasteiger partial charge in [-0.15, -0.1) is 0 Å². The van der Waals surface area contributed by atoms with Crippen molar-refractivity contribution in [1.82, 2.24) is 5.43 Å². The van der Waals surface area contributed by atoms with Crippen LogP contribution < -0.4 is 14.5 Å². The Kier molecular flexibility index (Phi) is 8.05. The first-order valence-electron chi connectivity index (χ1n) is 10.1. The van der Waals surface area contributed by atoms with Crippen molar-refractivity contribution >= 4 is 45.1 Å². The fourth-order valence-corrected chi connectivity index (χ4v) is 4.57. The molecule has 0 saturated heterocycles. The van der Waals surface area contributed by atoms with E-state index < -0.39 is 27.4 Å². The lowest BCUT2D eigenvalue weighted by molar-refractivity contribution is -0.384. The number of nitro benzene ring substituents is 1. The molecule has 0 fully saturated rings. The Morgan fingerprint density at radius 2 is 1.80 bits per heavy atom. The van der Waals surface area contributed by atoms with E-state index in [0.29, 0.717) is 5.75 Å². The van der Waals surface area contributed by atoms with Crippen molar-refractivity contribution in [2.45, 2.75) is 11.8 Å². The van der Waals surface area contributed by atoms with Crippen molar-refractivity contribution < 1.29 is 22.9 Å². The molecule has 0 aliphatic carbocycles. The number of halogens is 1. The number of nitrogens with zero attached hydrogens (tertiary/aromatic N) is 3. The van der Waals surface area contributed by atoms with Crippen molar-refractivity contribution in [3.8, 4) is 5.75 Å². The summed E-state index contributed by atoms with van der Waals surface area (Å²) in [5.41, 5.74) is 3.45. The van der Waals surface area contributed by atoms with Gasteiger partial charge in [0.25, 0.3) is 21.6 Å². The molecule has 182 valence electrons. The molecular weight excluding hydrogens is 496 g/mol. The minimum atomic E-state index is -4.12. The zero-order valence-corrected chi connectivity index (χ0v) is 20.3. The van der Waals surface area contributed by atoms with Gasteiger partial charge in [-0.3, -0.25) is 19.2 Å². The summed E-state index contributed by atoms with van der Waals surface area (Å²) in [4.78, 5) is 23.0. The summed E-state index contributed by atoms with van der Waals surface area (Å²) in [5, 5.41) is 14.9. The molecule has 1 amide bonds. The van der Waals surface area contributed by atoms with E-state index in [0.717, 1.165) is 16.1 Å². The molecule has 3 rings (SSSR count). The monoisotopic (exact) mass is 516 g/mol. The summed E-state index contributed by atoms with van der Waals surface area (Å²) < 4.78 is 32.8. The van der Waals surface area contributed by atoms with Crippen LogP contribution in [0.15, 0.2) is 76.7 Å². The second kappa shape index (κ2) is 11.0. The van der Waals surface area contributed by atoms with Crippen LogP contribution in [-0.4, -0.2) is 39.1 Å². The smallest absolute Gasteiger partial charge is 0.270 e. The molecule has 0 aromatic heterocycles. The number of rotatable bonds is 9. The maximum absolute atomic E-state index is 13.4. The van der Waals surface area contributed by atoms with Crippen LogP contribution in [0.2, 0.25) is 5.02 Å². The molecule has 0 heterocycles. The number of aryl methyl sites for hydroxylation is 1. The van der Waals surface area contributed by atoms with Crippen LogP contribution in [0.5, 0.6) is 5.75 Å². The molecule has 0 atom stereocenters. The van der Waals surface area contributed by atoms with Crippen LogP contribution in [-0.2, 0) is 14.8 Å². The fraction of sp³-hybridized carbons (Fsp3) is 0.130. The third-order valence-electron chi connectivity index (χ3n) is 4.84. The number of non-ortho nitro benzene ring substituents is 1. The Hall–Kier alpha value is -3.96. The van der Waals surface area contributed by atoms with Gasteiger partial charge in [-0.2, -0.15) is 5.10 Å². The standard InChI is InChI=1S/C23H21ClN4O6S/c1-16-3-5-18(6-4-16)27(35(32,33)21-10-8-20(34-2)9-11-21)15-23(29)26-25-14-17-13-19(28(30)31)7-12-22(17)24/h3-14H,15H2,1-2H3,(H,26,29)/b25-14-. The van der Waals surface area contributed by atoms with Gasteiger partial charge in [-0.1, -0.05) is 29.3 Å². The van der Waals surface area contributed by atoms with Gasteiger partial charge in [0.05, 0.1) is 28.8 Å². The molecule has 3 aromatic rings. The number of nitro groups is 1. The van der Waals surface area contributed by atoms with Crippen LogP contribution in [0.1, 0.15) is 11.1 Å². The largest absolute Gasteiger partial charge is 0.497 e. The van der Waals surface area contributed by atoms with Crippen molar-refractivity contribution in [2.24, 2.45) is 5.10 Å². The number of ether oxygens (including phenoxy) is 1. The SMILES string of the molecule is COc1ccc(S(=O)(=O)N(CC(=O)N/N=C\c2cc([N+](=O)[O-])ccc2Cl)c2ccc(C)cc2)cc1. The van der Waals surface area contributed by atoms with Gasteiger partial charge in [0.1, 0.15) is 12.3 Å². The van der Waals surface area contributed by atoms with Gasteiger partial charge < -0.3 is 4.74 Å². The average Bonchev–Trinajstić information content (AvgIpc) is 2.84. The lowest BCUT2D eigenvalue weighted by atomic mass is 10.2. The van der Waals surface area contributed by atoms with E-state index in [4.69, 9.17) is 16.3 Å². The van der Waals surface area contributed by atoms with Crippen molar-refractivity contribution in [2.75, 3.05) is 18.0 Å². The summed E-state index contributed by atoms with van der Waals surface area (Å²) >= 11 is 6.02. The molecule has 0 spiro atoms. The molecule has 10 nitrogen and oxygen atoms in total. The van der Waals surface area contributed by atoms with Crippen LogP contribution >= 0.6 is 11.6 Å². The van der Waals surface area contributed by atoms with Crippen molar-refractivity contribution in [3.05, 3.63) is 93.0 Å². The maximum atomic E-state index is 13.4. The number of nitrogens with one attached hydrogen (secondary N) is 1. The summed E-state index contributed by atoms with van der Waals surface area (Å²) in [6.07, 6.45) is 1.14. The molecule has 35 heavy (non-hydrogen) atoms. The minimum Gasteiger partial charge on any atom is -0.497 e. The van der Waals surface area contributed by atoms with E-state index in [-0.39, 0.29) is 26.9 Å². The van der Waals surface area contributed by atoms with Gasteiger partial charge in [-0.25, -0.2) is 13.8 Å². The molecule has 0 aliphatic heterocycles. The highest BCUT2D eigenvalue weighted by atomic mass is 35.5. The van der Waals surface area contributed by atoms with E-state index in [2.05, 4.69) is 10.5 Å². The topological polar surface area (TPSA) is 131 Å². The Balaban J connectivity index is 1.84. The van der Waals surface area contributed by atoms with E-state index in [1.165, 1.54) is 49.6 Å². The molecular formula is C23H21ClN4O6S. The fourth-order valence-electron chi connectivity index (χ4n) is 2.98. The molecule has 0 unspecified atom stereocenters. The van der Waals surface area contributed by atoms with Gasteiger partial charge >= 0.3 is 0 Å². The van der Waals surface area contributed by atoms with Gasteiger partial charge in [0.15, 0.2) is 0 Å². The Labute approximate surface area is 207 Å². The maximum Gasteiger partial charge on any atom is 0.270 e. The Morgan fingerprint density at radius 3 is 2.40 bits per heavy atom. The molecule has 0 saturated carbocycles. The second-order valence-corrected chi connectivity index (χ2v) is 9.55. The molecule has 0 aliphatic rings. The number of amides is 1. The Bertz CT molecular complexity index is 1360. The van der Waals surface area contributed by atoms with Gasteiger partial charge in [0, 0.05) is 22.7 Å². The third kappa shape index (κ3) is 6.34. The highest BCUT2D eigenvalue weighted by molar-refractivity contribution is 7.92. The average molecular weight is 517 g/mol. The number of carbonyl (C=O) groups excluding carboxylic acids is 1. The van der Waals surface area contributed by atoms with Crippen LogP contribution in [0.4, 0.5) is 11.4 Å². The first kappa shape index (κ1) is 25.7. The minimum absolute atomic E-state index is 0.0291. The predicted octanol–water partition coefficient (Wildman–Crippen LogP) is 3.91. The number of hydrazone groups is 1. The number of sulfonamides is 1. The van der Waals surface area contributed by atoms with E-state index >= 15 is 0 Å². The first-order chi connectivity index (χ1) is 16.6. The lowest BCUT2D eigenvalue weighted by Crippen LogP contribution is -2.39. The summed E-state index contributed by atoms with van der Waals surface area (Å²) in [6.45, 7) is 1.28. The number of hydrogen-bond donors (Lipinski definition) is 1. The molecule has 1 N–H and O–H groups in total. The van der Waals surface area contributed by atoms with Gasteiger partial charge in [0.2, 0.25) is 0 Å². The zero-order chi connectivity index (χ0) is 25.6. The number of benzene rings is 3. The predicted molar refractivity (Wildman–Crippen MR) is 133 cm³/mol. The number of methoxy groups -OCH3 is 1. The van der Waals surface area contributed by atoms with Crippen LogP contribution in [0, 0.1) is 17.0 Å². The molecule has 12 heteroatoms. The summed E-state index contributed by atoms with van der Waals surface area (Å²) in [7, 11) is -2.65. The highest BCUT2D eigenvalue weighted by Crippen LogP contribution is 2.25. The third-order valence-corrected chi connectivity index (χ3v) is 6.97. The molecule has 0 bridgehead atoms. The summed E-state index contributed by atoms with van der Waals surface area (Å²) in [5.74, 6) is -0.252. The summed E-state index contributed by atoms with van der Waals surface area (Å²) in [6, 6.07) is 16.2. The van der Waals surface area contributed by atoms with Crippen molar-refractivity contribution in [1.29, 1.82) is 0 Å². The van der Waals surface area contributed by atoms with Crippen LogP contribution in [0.3, 0.4) is 0 Å². The lowest BCUT2D eigenvalue weighted by Gasteiger charge is -2.24. The number of anilines is 1. The van der Waals surface area contributed by atoms with E-state index in [9.17, 15) is 23.3 Å². The molecule has 3 aromatic carbocycles. The van der Waals surface area contributed by atoms with Crippen molar-refractivity contribution in [3.63, 3.8) is 0 Å². The number of carbonyl (C=O) groups is 1. The first-order valence-corrected chi connectivity index (χ1v) is 11.9. The zero-order valence-electron chi connectivity index (χ0n) is 18.7. The van der Waals surface area contributed by atoms with Gasteiger partial charge in [-0.05, 0) is 49.4 Å². The van der Waals surface area contributed by atoms with E-state index in [1.807, 2.05) is 6.92 Å². The number of hydrogen-bond acceptors (Lipinski definition) is 7. The quantitative estimate of drug-likeness (QED) is 0.260. The Morgan fingerprint density at radius 1 is 1.14 bits per heavy atom. The molecule has 0 radical (unpaired) electrons. The highest BCUT2D eigenvalue weighted by Gasteiger charge is 2.27. The van der Waals surface area contributed by atoms with E-state index in [1.54, 1.807) is 24.3 Å². The normalized spacial score (nSPS) is 11.3.